The highest BCUT2D eigenvalue weighted by Crippen LogP contribution is 2.35. The maximum Gasteiger partial charge on any atom is 0.278 e. The van der Waals surface area contributed by atoms with E-state index in [0.29, 0.717) is 29.5 Å². The first kappa shape index (κ1) is 25.6. The smallest absolute Gasteiger partial charge is 0.278 e. The van der Waals surface area contributed by atoms with E-state index in [1.54, 1.807) is 18.2 Å². The Morgan fingerprint density at radius 3 is 2.58 bits per heavy atom. The maximum absolute atomic E-state index is 13.0. The third-order valence-electron chi connectivity index (χ3n) is 7.11. The number of benzene rings is 2. The number of aryl methyl sites for hydroxylation is 1. The number of nitrogens with zero attached hydrogens (tertiary/aromatic N) is 1. The number of hydrogen-bond donors (Lipinski definition) is 4. The van der Waals surface area contributed by atoms with Crippen LogP contribution in [0.1, 0.15) is 30.4 Å². The highest BCUT2D eigenvalue weighted by atomic mass is 35.5. The first-order valence-corrected chi connectivity index (χ1v) is 12.6. The normalized spacial score (nSPS) is 20.5. The summed E-state index contributed by atoms with van der Waals surface area (Å²) in [5.41, 5.74) is 2.60. The molecule has 2 fully saturated rings. The van der Waals surface area contributed by atoms with Crippen molar-refractivity contribution in [3.8, 4) is 0 Å². The van der Waals surface area contributed by atoms with E-state index in [1.165, 1.54) is 0 Å². The summed E-state index contributed by atoms with van der Waals surface area (Å²) in [6.45, 7) is 3.09. The summed E-state index contributed by atoms with van der Waals surface area (Å²) in [6, 6.07) is 11.7. The van der Waals surface area contributed by atoms with Gasteiger partial charge in [-0.3, -0.25) is 34.2 Å². The molecule has 3 heterocycles. The molecule has 196 valence electrons. The molecule has 2 aromatic carbocycles. The Morgan fingerprint density at radius 1 is 1.11 bits per heavy atom. The monoisotopic (exact) mass is 535 g/mol. The highest BCUT2D eigenvalue weighted by molar-refractivity contribution is 6.31. The Kier molecular flexibility index (Phi) is 6.77. The lowest BCUT2D eigenvalue weighted by Crippen LogP contribution is -2.58. The van der Waals surface area contributed by atoms with E-state index in [4.69, 9.17) is 11.6 Å². The van der Waals surface area contributed by atoms with Gasteiger partial charge in [0.05, 0.1) is 0 Å². The molecule has 0 aromatic heterocycles. The van der Waals surface area contributed by atoms with Crippen molar-refractivity contribution >= 4 is 52.5 Å². The number of amides is 5. The SMILES string of the molecule is Cc1ccc(NC(=O)CC2(c3cccc(NC4=CC(=O)N(C5CCC(=O)NC5=O)C4=O)c3)CNC2)cc1Cl. The van der Waals surface area contributed by atoms with Crippen molar-refractivity contribution in [2.45, 2.75) is 37.6 Å². The third kappa shape index (κ3) is 4.92. The fourth-order valence-corrected chi connectivity index (χ4v) is 5.10. The van der Waals surface area contributed by atoms with Crippen molar-refractivity contribution in [3.05, 3.63) is 70.4 Å². The van der Waals surface area contributed by atoms with Crippen molar-refractivity contribution in [2.75, 3.05) is 23.7 Å². The summed E-state index contributed by atoms with van der Waals surface area (Å²) in [5.74, 6) is -2.49. The van der Waals surface area contributed by atoms with Gasteiger partial charge in [0, 0.05) is 53.8 Å². The molecule has 2 aromatic rings. The van der Waals surface area contributed by atoms with Crippen molar-refractivity contribution in [3.63, 3.8) is 0 Å². The van der Waals surface area contributed by atoms with Gasteiger partial charge < -0.3 is 16.0 Å². The van der Waals surface area contributed by atoms with Crippen molar-refractivity contribution in [2.24, 2.45) is 0 Å². The van der Waals surface area contributed by atoms with Crippen LogP contribution in [0.3, 0.4) is 0 Å². The van der Waals surface area contributed by atoms with Crippen LogP contribution >= 0.6 is 11.6 Å². The van der Waals surface area contributed by atoms with Gasteiger partial charge in [-0.15, -0.1) is 0 Å². The predicted octanol–water partition coefficient (Wildman–Crippen LogP) is 1.99. The van der Waals surface area contributed by atoms with Gasteiger partial charge in [0.2, 0.25) is 17.7 Å². The van der Waals surface area contributed by atoms with E-state index in [1.807, 2.05) is 31.2 Å². The molecule has 4 N–H and O–H groups in total. The first-order valence-electron chi connectivity index (χ1n) is 12.2. The van der Waals surface area contributed by atoms with Crippen LogP contribution in [0.2, 0.25) is 5.02 Å². The summed E-state index contributed by atoms with van der Waals surface area (Å²) < 4.78 is 0. The zero-order valence-electron chi connectivity index (χ0n) is 20.6. The molecule has 0 spiro atoms. The fourth-order valence-electron chi connectivity index (χ4n) is 4.92. The number of anilines is 2. The van der Waals surface area contributed by atoms with Gasteiger partial charge >= 0.3 is 0 Å². The van der Waals surface area contributed by atoms with Crippen molar-refractivity contribution < 1.29 is 24.0 Å². The molecule has 0 saturated carbocycles. The summed E-state index contributed by atoms with van der Waals surface area (Å²) in [6.07, 6.45) is 1.53. The molecule has 11 heteroatoms. The average Bonchev–Trinajstić information content (AvgIpc) is 3.11. The first-order chi connectivity index (χ1) is 18.1. The van der Waals surface area contributed by atoms with Crippen molar-refractivity contribution in [1.29, 1.82) is 0 Å². The Bertz CT molecular complexity index is 1400. The van der Waals surface area contributed by atoms with Crippen LogP contribution in [0.25, 0.3) is 0 Å². The van der Waals surface area contributed by atoms with Gasteiger partial charge in [-0.2, -0.15) is 0 Å². The molecule has 2 saturated heterocycles. The lowest BCUT2D eigenvalue weighted by atomic mass is 9.72. The standard InChI is InChI=1S/C27H26ClN5O5/c1-15-5-6-18(10-19(15)28)31-23(35)12-27(13-29-14-27)16-3-2-4-17(9-16)30-20-11-24(36)33(26(20)38)21-7-8-22(34)32-25(21)37/h2-6,9-11,21,29-30H,7-8,12-14H2,1H3,(H,31,35)(H,32,34,37). The molecule has 0 bridgehead atoms. The van der Waals surface area contributed by atoms with Crippen LogP contribution in [0.4, 0.5) is 11.4 Å². The Morgan fingerprint density at radius 2 is 1.89 bits per heavy atom. The quantitative estimate of drug-likeness (QED) is 0.398. The lowest BCUT2D eigenvalue weighted by molar-refractivity contribution is -0.149. The molecule has 38 heavy (non-hydrogen) atoms. The second-order valence-corrected chi connectivity index (χ2v) is 10.2. The number of halogens is 1. The molecule has 3 aliphatic heterocycles. The van der Waals surface area contributed by atoms with Gasteiger partial charge in [0.25, 0.3) is 11.8 Å². The van der Waals surface area contributed by atoms with Gasteiger partial charge in [0.1, 0.15) is 11.7 Å². The Hall–Kier alpha value is -4.02. The Balaban J connectivity index is 1.28. The zero-order valence-corrected chi connectivity index (χ0v) is 21.4. The molecule has 1 unspecified atom stereocenters. The summed E-state index contributed by atoms with van der Waals surface area (Å²) in [4.78, 5) is 63.0. The van der Waals surface area contributed by atoms with E-state index in [9.17, 15) is 24.0 Å². The molecular formula is C27H26ClN5O5. The number of rotatable bonds is 7. The Labute approximate surface area is 223 Å². The van der Waals surface area contributed by atoms with Crippen LogP contribution < -0.4 is 21.3 Å². The second-order valence-electron chi connectivity index (χ2n) is 9.82. The topological polar surface area (TPSA) is 137 Å². The minimum absolute atomic E-state index is 0.0339. The number of piperidine rings is 1. The maximum atomic E-state index is 13.0. The van der Waals surface area contributed by atoms with Gasteiger partial charge in [0.15, 0.2) is 0 Å². The van der Waals surface area contributed by atoms with Crippen LogP contribution in [-0.4, -0.2) is 53.6 Å². The van der Waals surface area contributed by atoms with Crippen molar-refractivity contribution in [1.82, 2.24) is 15.5 Å². The number of nitrogens with one attached hydrogen (secondary N) is 4. The highest BCUT2D eigenvalue weighted by Gasteiger charge is 2.43. The fraction of sp³-hybridized carbons (Fsp3) is 0.296. The molecule has 0 aliphatic carbocycles. The molecule has 0 radical (unpaired) electrons. The van der Waals surface area contributed by atoms with Gasteiger partial charge in [-0.05, 0) is 48.7 Å². The molecular weight excluding hydrogens is 510 g/mol. The van der Waals surface area contributed by atoms with Crippen LogP contribution in [0.15, 0.2) is 54.2 Å². The van der Waals surface area contributed by atoms with Crippen LogP contribution in [-0.2, 0) is 29.4 Å². The minimum Gasteiger partial charge on any atom is -0.351 e. The van der Waals surface area contributed by atoms with Gasteiger partial charge in [-0.1, -0.05) is 29.8 Å². The van der Waals surface area contributed by atoms with E-state index in [2.05, 4.69) is 21.3 Å². The summed E-state index contributed by atoms with van der Waals surface area (Å²) >= 11 is 6.18. The van der Waals surface area contributed by atoms with E-state index < -0.39 is 35.1 Å². The van der Waals surface area contributed by atoms with Gasteiger partial charge in [-0.25, -0.2) is 0 Å². The molecule has 1 atom stereocenters. The number of imide groups is 2. The van der Waals surface area contributed by atoms with E-state index >= 15 is 0 Å². The molecule has 5 amide bonds. The largest absolute Gasteiger partial charge is 0.351 e. The average molecular weight is 536 g/mol. The van der Waals surface area contributed by atoms with Crippen LogP contribution in [0.5, 0.6) is 0 Å². The number of carbonyl (C=O) groups excluding carboxylic acids is 5. The third-order valence-corrected chi connectivity index (χ3v) is 7.52. The number of carbonyl (C=O) groups is 5. The second kappa shape index (κ2) is 10.0. The van der Waals surface area contributed by atoms with Crippen LogP contribution in [0, 0.1) is 6.92 Å². The predicted molar refractivity (Wildman–Crippen MR) is 140 cm³/mol. The summed E-state index contributed by atoms with van der Waals surface area (Å²) in [7, 11) is 0. The lowest BCUT2D eigenvalue weighted by Gasteiger charge is -2.43. The van der Waals surface area contributed by atoms with E-state index in [0.717, 1.165) is 22.1 Å². The molecule has 10 nitrogen and oxygen atoms in total. The number of hydrogen-bond acceptors (Lipinski definition) is 7. The molecule has 5 rings (SSSR count). The van der Waals surface area contributed by atoms with E-state index in [-0.39, 0.29) is 30.9 Å². The molecule has 3 aliphatic rings. The minimum atomic E-state index is -1.03. The zero-order chi connectivity index (χ0) is 27.0. The summed E-state index contributed by atoms with van der Waals surface area (Å²) in [5, 5.41) is 11.9.